The van der Waals surface area contributed by atoms with Gasteiger partial charge in [-0.2, -0.15) is 0 Å². The van der Waals surface area contributed by atoms with Crippen LogP contribution in [0.25, 0.3) is 0 Å². The number of hydrogen-bond acceptors (Lipinski definition) is 9. The van der Waals surface area contributed by atoms with E-state index in [1.807, 2.05) is 0 Å². The van der Waals surface area contributed by atoms with E-state index in [2.05, 4.69) is 4.84 Å². The Morgan fingerprint density at radius 1 is 1.24 bits per heavy atom. The molecule has 1 N–H and O–H groups in total. The fourth-order valence-corrected chi connectivity index (χ4v) is 2.20. The fourth-order valence-electron chi connectivity index (χ4n) is 2.20. The van der Waals surface area contributed by atoms with Crippen molar-refractivity contribution in [2.75, 3.05) is 26.4 Å². The third-order valence-electron chi connectivity index (χ3n) is 3.18. The van der Waals surface area contributed by atoms with Gasteiger partial charge in [-0.3, -0.25) is 0 Å². The molecule has 2 rings (SSSR count). The van der Waals surface area contributed by atoms with Gasteiger partial charge in [0.25, 0.3) is 5.09 Å². The molecule has 2 fully saturated rings. The third-order valence-corrected chi connectivity index (χ3v) is 3.18. The van der Waals surface area contributed by atoms with Crippen molar-refractivity contribution in [3.63, 3.8) is 0 Å². The van der Waals surface area contributed by atoms with E-state index in [-0.39, 0.29) is 26.4 Å². The van der Waals surface area contributed by atoms with Crippen molar-refractivity contribution in [3.8, 4) is 0 Å². The van der Waals surface area contributed by atoms with Crippen molar-refractivity contribution in [2.24, 2.45) is 0 Å². The summed E-state index contributed by atoms with van der Waals surface area (Å²) in [4.78, 5) is 25.4. The largest absolute Gasteiger partial charge is 0.508 e. The Morgan fingerprint density at radius 3 is 2.71 bits per heavy atom. The molecule has 0 aromatic heterocycles. The lowest BCUT2D eigenvalue weighted by atomic mass is 10.1. The first-order valence-corrected chi connectivity index (χ1v) is 6.60. The van der Waals surface area contributed by atoms with E-state index in [0.717, 1.165) is 0 Å². The first-order chi connectivity index (χ1) is 10.1. The van der Waals surface area contributed by atoms with Crippen molar-refractivity contribution < 1.29 is 38.8 Å². The Balaban J connectivity index is 1.57. The molecule has 0 bridgehead atoms. The van der Waals surface area contributed by atoms with Crippen LogP contribution in [0.4, 0.5) is 4.79 Å². The highest BCUT2D eigenvalue weighted by Crippen LogP contribution is 2.28. The highest BCUT2D eigenvalue weighted by Gasteiger charge is 2.49. The minimum absolute atomic E-state index is 0.0443. The Morgan fingerprint density at radius 2 is 1.95 bits per heavy atom. The molecule has 21 heavy (non-hydrogen) atoms. The highest BCUT2D eigenvalue weighted by atomic mass is 16.9. The standard InChI is InChI=1S/C11H17NO9/c13-7-5-18-10-8(6-19-9(7)10)21-11(14)17-3-1-2-4-20-12(15)16/h7-10,13H,1-6H2/t7?,8-,9?,10-/m1/s1. The quantitative estimate of drug-likeness (QED) is 0.290. The van der Waals surface area contributed by atoms with E-state index in [1.165, 1.54) is 0 Å². The number of rotatable bonds is 7. The van der Waals surface area contributed by atoms with Crippen LogP contribution < -0.4 is 0 Å². The van der Waals surface area contributed by atoms with Gasteiger partial charge in [0.15, 0.2) is 6.10 Å². The maximum atomic E-state index is 11.5. The molecular formula is C11H17NO9. The highest BCUT2D eigenvalue weighted by molar-refractivity contribution is 5.60. The smallest absolute Gasteiger partial charge is 0.434 e. The Hall–Kier alpha value is -1.65. The van der Waals surface area contributed by atoms with Gasteiger partial charge in [0.05, 0.1) is 26.4 Å². The lowest BCUT2D eigenvalue weighted by Crippen LogP contribution is -2.34. The van der Waals surface area contributed by atoms with Gasteiger partial charge in [-0.25, -0.2) is 4.79 Å². The molecule has 120 valence electrons. The van der Waals surface area contributed by atoms with E-state index >= 15 is 0 Å². The van der Waals surface area contributed by atoms with Crippen LogP contribution in [0.15, 0.2) is 0 Å². The number of aliphatic hydroxyl groups is 1. The molecular weight excluding hydrogens is 290 g/mol. The molecule has 0 saturated carbocycles. The first kappa shape index (κ1) is 15.7. The normalized spacial score (nSPS) is 30.7. The molecule has 2 aliphatic heterocycles. The summed E-state index contributed by atoms with van der Waals surface area (Å²) in [5.41, 5.74) is 0. The van der Waals surface area contributed by atoms with Crippen LogP contribution >= 0.6 is 0 Å². The van der Waals surface area contributed by atoms with E-state index in [9.17, 15) is 20.0 Å². The monoisotopic (exact) mass is 307 g/mol. The second kappa shape index (κ2) is 7.38. The Kier molecular flexibility index (Phi) is 5.53. The van der Waals surface area contributed by atoms with Crippen LogP contribution in [0.3, 0.4) is 0 Å². The molecule has 10 nitrogen and oxygen atoms in total. The second-order valence-electron chi connectivity index (χ2n) is 4.68. The average Bonchev–Trinajstić information content (AvgIpc) is 2.98. The zero-order valence-corrected chi connectivity index (χ0v) is 11.2. The second-order valence-corrected chi connectivity index (χ2v) is 4.68. The first-order valence-electron chi connectivity index (χ1n) is 6.60. The van der Waals surface area contributed by atoms with Gasteiger partial charge in [0, 0.05) is 0 Å². The number of fused-ring (bicyclic) bond motifs is 1. The third kappa shape index (κ3) is 4.41. The van der Waals surface area contributed by atoms with E-state index in [0.29, 0.717) is 12.8 Å². The molecule has 0 spiro atoms. The lowest BCUT2D eigenvalue weighted by molar-refractivity contribution is -0.757. The molecule has 0 radical (unpaired) electrons. The fraction of sp³-hybridized carbons (Fsp3) is 0.909. The number of nitrogens with zero attached hydrogens (tertiary/aromatic N) is 1. The molecule has 10 heteroatoms. The van der Waals surface area contributed by atoms with Crippen molar-refractivity contribution in [1.82, 2.24) is 0 Å². The summed E-state index contributed by atoms with van der Waals surface area (Å²) in [6.45, 7) is 0.335. The van der Waals surface area contributed by atoms with Crippen LogP contribution in [-0.2, 0) is 23.8 Å². The summed E-state index contributed by atoms with van der Waals surface area (Å²) < 4.78 is 20.5. The summed E-state index contributed by atoms with van der Waals surface area (Å²) in [5.74, 6) is 0. The van der Waals surface area contributed by atoms with Crippen LogP contribution in [-0.4, -0.2) is 67.2 Å². The van der Waals surface area contributed by atoms with Crippen LogP contribution in [0.2, 0.25) is 0 Å². The van der Waals surface area contributed by atoms with E-state index < -0.39 is 35.7 Å². The summed E-state index contributed by atoms with van der Waals surface area (Å²) >= 11 is 0. The zero-order valence-electron chi connectivity index (χ0n) is 11.2. The summed E-state index contributed by atoms with van der Waals surface area (Å²) in [5, 5.41) is 18.5. The topological polar surface area (TPSA) is 127 Å². The lowest BCUT2D eigenvalue weighted by Gasteiger charge is -2.16. The van der Waals surface area contributed by atoms with Crippen LogP contribution in [0.5, 0.6) is 0 Å². The van der Waals surface area contributed by atoms with Gasteiger partial charge < -0.3 is 28.9 Å². The maximum Gasteiger partial charge on any atom is 0.508 e. The molecule has 4 atom stereocenters. The van der Waals surface area contributed by atoms with Gasteiger partial charge >= 0.3 is 6.16 Å². The average molecular weight is 307 g/mol. The number of carbonyl (C=O) groups is 1. The predicted molar refractivity (Wildman–Crippen MR) is 63.9 cm³/mol. The number of carbonyl (C=O) groups excluding carboxylic acids is 1. The molecule has 2 aliphatic rings. The van der Waals surface area contributed by atoms with Gasteiger partial charge in [-0.05, 0) is 12.8 Å². The predicted octanol–water partition coefficient (Wildman–Crippen LogP) is -0.345. The Bertz CT molecular complexity index is 377. The minimum atomic E-state index is -0.873. The zero-order chi connectivity index (χ0) is 15.2. The van der Waals surface area contributed by atoms with Gasteiger partial charge in [0.1, 0.15) is 18.3 Å². The van der Waals surface area contributed by atoms with Gasteiger partial charge in [-0.1, -0.05) is 0 Å². The van der Waals surface area contributed by atoms with Crippen molar-refractivity contribution >= 4 is 6.16 Å². The number of aliphatic hydroxyl groups excluding tert-OH is 1. The Labute approximate surface area is 120 Å². The molecule has 0 aromatic rings. The molecule has 2 heterocycles. The van der Waals surface area contributed by atoms with Gasteiger partial charge in [-0.15, -0.1) is 10.1 Å². The molecule has 0 aliphatic carbocycles. The van der Waals surface area contributed by atoms with Crippen molar-refractivity contribution in [2.45, 2.75) is 37.3 Å². The molecule has 0 aromatic carbocycles. The van der Waals surface area contributed by atoms with Crippen LogP contribution in [0, 0.1) is 10.1 Å². The number of ether oxygens (including phenoxy) is 4. The summed E-state index contributed by atoms with van der Waals surface area (Å²) in [6.07, 6.45) is -2.29. The SMILES string of the molecule is O=C(OCCCCO[N+](=O)[O-])O[C@@H]1COC2C(O)CO[C@@H]21. The maximum absolute atomic E-state index is 11.5. The van der Waals surface area contributed by atoms with Crippen LogP contribution in [0.1, 0.15) is 12.8 Å². The molecule has 2 saturated heterocycles. The molecule has 2 unspecified atom stereocenters. The van der Waals surface area contributed by atoms with E-state index in [1.54, 1.807) is 0 Å². The number of hydrogen-bond donors (Lipinski definition) is 1. The number of unbranched alkanes of at least 4 members (excludes halogenated alkanes) is 1. The van der Waals surface area contributed by atoms with Gasteiger partial charge in [0.2, 0.25) is 0 Å². The summed E-state index contributed by atoms with van der Waals surface area (Å²) in [7, 11) is 0. The summed E-state index contributed by atoms with van der Waals surface area (Å²) in [6, 6.07) is 0. The van der Waals surface area contributed by atoms with Crippen molar-refractivity contribution in [1.29, 1.82) is 0 Å². The van der Waals surface area contributed by atoms with Crippen molar-refractivity contribution in [3.05, 3.63) is 10.1 Å². The van der Waals surface area contributed by atoms with E-state index in [4.69, 9.17) is 18.9 Å². The minimum Gasteiger partial charge on any atom is -0.434 e. The molecule has 0 amide bonds.